The number of hydrogen-bond donors (Lipinski definition) is 0. The van der Waals surface area contributed by atoms with Gasteiger partial charge in [0.05, 0.1) is 6.61 Å². The summed E-state index contributed by atoms with van der Waals surface area (Å²) >= 11 is 0. The highest BCUT2D eigenvalue weighted by Crippen LogP contribution is 2.21. The van der Waals surface area contributed by atoms with Crippen LogP contribution in [0.4, 0.5) is 4.39 Å². The summed E-state index contributed by atoms with van der Waals surface area (Å²) < 4.78 is 23.2. The minimum Gasteiger partial charge on any atom is -0.461 e. The summed E-state index contributed by atoms with van der Waals surface area (Å²) in [6, 6.07) is 8.95. The molecule has 0 aliphatic heterocycles. The van der Waals surface area contributed by atoms with Crippen molar-refractivity contribution in [3.8, 4) is 0 Å². The van der Waals surface area contributed by atoms with Gasteiger partial charge in [0.1, 0.15) is 11.3 Å². The van der Waals surface area contributed by atoms with Crippen molar-refractivity contribution in [1.29, 1.82) is 0 Å². The van der Waals surface area contributed by atoms with E-state index in [1.807, 2.05) is 18.2 Å². The van der Waals surface area contributed by atoms with Crippen LogP contribution in [0.3, 0.4) is 0 Å². The fraction of sp³-hybridized carbons (Fsp3) is 0.154. The number of furan rings is 1. The Bertz CT molecular complexity index is 536. The zero-order valence-electron chi connectivity index (χ0n) is 9.27. The molecule has 0 saturated heterocycles. The molecule has 1 aromatic carbocycles. The van der Waals surface area contributed by atoms with Gasteiger partial charge in [-0.15, -0.1) is 0 Å². The van der Waals surface area contributed by atoms with Crippen molar-refractivity contribution in [1.82, 2.24) is 0 Å². The molecule has 0 aliphatic carbocycles. The fourth-order valence-electron chi connectivity index (χ4n) is 1.46. The maximum Gasteiger partial charge on any atom is 0.367 e. The lowest BCUT2D eigenvalue weighted by Gasteiger charge is -1.96. The summed E-state index contributed by atoms with van der Waals surface area (Å²) in [5.74, 6) is -1.66. The summed E-state index contributed by atoms with van der Waals surface area (Å²) in [6.45, 7) is 1.76. The number of esters is 1. The molecule has 0 aliphatic rings. The Morgan fingerprint density at radius 1 is 1.47 bits per heavy atom. The Labute approximate surface area is 97.5 Å². The number of rotatable bonds is 3. The van der Waals surface area contributed by atoms with Crippen molar-refractivity contribution < 1.29 is 18.3 Å². The zero-order chi connectivity index (χ0) is 12.3. The van der Waals surface area contributed by atoms with Crippen LogP contribution in [0.15, 0.2) is 40.6 Å². The lowest BCUT2D eigenvalue weighted by atomic mass is 10.2. The molecule has 0 unspecified atom stereocenters. The van der Waals surface area contributed by atoms with Crippen molar-refractivity contribution in [3.05, 3.63) is 41.9 Å². The largest absolute Gasteiger partial charge is 0.461 e. The molecule has 0 saturated carbocycles. The van der Waals surface area contributed by atoms with Gasteiger partial charge in [0.25, 0.3) is 0 Å². The molecule has 1 heterocycles. The Morgan fingerprint density at radius 3 is 2.94 bits per heavy atom. The maximum atomic E-state index is 13.3. The zero-order valence-corrected chi connectivity index (χ0v) is 9.27. The fourth-order valence-corrected chi connectivity index (χ4v) is 1.46. The molecule has 0 fully saturated rings. The number of para-hydroxylation sites is 1. The lowest BCUT2D eigenvalue weighted by molar-refractivity contribution is -0.140. The minimum absolute atomic E-state index is 0.139. The first-order chi connectivity index (χ1) is 8.20. The molecule has 2 rings (SSSR count). The van der Waals surface area contributed by atoms with E-state index in [2.05, 4.69) is 4.74 Å². The smallest absolute Gasteiger partial charge is 0.367 e. The third kappa shape index (κ3) is 2.53. The average molecular weight is 234 g/mol. The van der Waals surface area contributed by atoms with Gasteiger partial charge in [0.15, 0.2) is 0 Å². The van der Waals surface area contributed by atoms with Crippen LogP contribution >= 0.6 is 0 Å². The Hall–Kier alpha value is -2.10. The number of ether oxygens (including phenoxy) is 1. The summed E-state index contributed by atoms with van der Waals surface area (Å²) in [7, 11) is 0. The number of halogens is 1. The SMILES string of the molecule is CCOC(=O)/C(F)=C/c1cc2ccccc2o1. The average Bonchev–Trinajstić information content (AvgIpc) is 2.71. The first-order valence-electron chi connectivity index (χ1n) is 5.23. The highest BCUT2D eigenvalue weighted by molar-refractivity contribution is 5.91. The highest BCUT2D eigenvalue weighted by atomic mass is 19.1. The molecule has 0 bridgehead atoms. The second kappa shape index (κ2) is 4.82. The molecule has 88 valence electrons. The van der Waals surface area contributed by atoms with Gasteiger partial charge in [0, 0.05) is 11.5 Å². The Morgan fingerprint density at radius 2 is 2.24 bits per heavy atom. The molecule has 0 atom stereocenters. The maximum absolute atomic E-state index is 13.3. The van der Waals surface area contributed by atoms with E-state index < -0.39 is 11.8 Å². The molecule has 0 radical (unpaired) electrons. The molecule has 0 spiro atoms. The molecule has 3 nitrogen and oxygen atoms in total. The van der Waals surface area contributed by atoms with E-state index >= 15 is 0 Å². The van der Waals surface area contributed by atoms with Crippen molar-refractivity contribution in [2.45, 2.75) is 6.92 Å². The highest BCUT2D eigenvalue weighted by Gasteiger charge is 2.11. The van der Waals surface area contributed by atoms with Crippen LogP contribution in [0.2, 0.25) is 0 Å². The molecule has 4 heteroatoms. The van der Waals surface area contributed by atoms with Crippen LogP contribution in [0, 0.1) is 0 Å². The van der Waals surface area contributed by atoms with E-state index in [4.69, 9.17) is 4.42 Å². The van der Waals surface area contributed by atoms with Crippen molar-refractivity contribution >= 4 is 23.0 Å². The van der Waals surface area contributed by atoms with Gasteiger partial charge < -0.3 is 9.15 Å². The van der Waals surface area contributed by atoms with Gasteiger partial charge in [-0.3, -0.25) is 0 Å². The normalized spacial score (nSPS) is 11.8. The van der Waals surface area contributed by atoms with Gasteiger partial charge in [0.2, 0.25) is 5.83 Å². The van der Waals surface area contributed by atoms with E-state index in [9.17, 15) is 9.18 Å². The van der Waals surface area contributed by atoms with Crippen molar-refractivity contribution in [3.63, 3.8) is 0 Å². The van der Waals surface area contributed by atoms with Gasteiger partial charge in [-0.25, -0.2) is 4.79 Å². The lowest BCUT2D eigenvalue weighted by Crippen LogP contribution is -2.03. The second-order valence-corrected chi connectivity index (χ2v) is 3.40. The van der Waals surface area contributed by atoms with Crippen LogP contribution in [0.25, 0.3) is 17.0 Å². The quantitative estimate of drug-likeness (QED) is 0.604. The van der Waals surface area contributed by atoms with Crippen LogP contribution in [0.1, 0.15) is 12.7 Å². The molecular formula is C13H11FO3. The molecule has 2 aromatic rings. The summed E-state index contributed by atoms with van der Waals surface area (Å²) in [6.07, 6.45) is 1.03. The summed E-state index contributed by atoms with van der Waals surface area (Å²) in [5, 5.41) is 0.857. The molecule has 1 aromatic heterocycles. The van der Waals surface area contributed by atoms with Gasteiger partial charge in [-0.1, -0.05) is 18.2 Å². The number of hydrogen-bond acceptors (Lipinski definition) is 3. The first-order valence-corrected chi connectivity index (χ1v) is 5.23. The second-order valence-electron chi connectivity index (χ2n) is 3.40. The minimum atomic E-state index is -0.979. The standard InChI is InChI=1S/C13H11FO3/c1-2-16-13(15)11(14)8-10-7-9-5-3-4-6-12(9)17-10/h3-8H,2H2,1H3/b11-8-. The molecular weight excluding hydrogens is 223 g/mol. The van der Waals surface area contributed by atoms with E-state index in [0.29, 0.717) is 5.58 Å². The van der Waals surface area contributed by atoms with Gasteiger partial charge in [-0.05, 0) is 19.1 Å². The first kappa shape index (κ1) is 11.4. The Kier molecular flexibility index (Phi) is 3.23. The third-order valence-electron chi connectivity index (χ3n) is 2.18. The van der Waals surface area contributed by atoms with Crippen LogP contribution in [-0.2, 0) is 9.53 Å². The third-order valence-corrected chi connectivity index (χ3v) is 2.18. The number of fused-ring (bicyclic) bond motifs is 1. The molecule has 0 N–H and O–H groups in total. The number of carbonyl (C=O) groups excluding carboxylic acids is 1. The van der Waals surface area contributed by atoms with E-state index in [0.717, 1.165) is 11.5 Å². The molecule has 0 amide bonds. The van der Waals surface area contributed by atoms with E-state index in [-0.39, 0.29) is 12.4 Å². The van der Waals surface area contributed by atoms with Crippen LogP contribution in [0.5, 0.6) is 0 Å². The number of carbonyl (C=O) groups is 1. The van der Waals surface area contributed by atoms with Crippen LogP contribution in [-0.4, -0.2) is 12.6 Å². The van der Waals surface area contributed by atoms with Crippen LogP contribution < -0.4 is 0 Å². The van der Waals surface area contributed by atoms with Gasteiger partial charge >= 0.3 is 5.97 Å². The predicted octanol–water partition coefficient (Wildman–Crippen LogP) is 3.31. The number of benzene rings is 1. The van der Waals surface area contributed by atoms with E-state index in [1.165, 1.54) is 0 Å². The Balaban J connectivity index is 2.28. The van der Waals surface area contributed by atoms with Gasteiger partial charge in [-0.2, -0.15) is 4.39 Å². The van der Waals surface area contributed by atoms with Crippen molar-refractivity contribution in [2.24, 2.45) is 0 Å². The summed E-state index contributed by atoms with van der Waals surface area (Å²) in [4.78, 5) is 11.1. The van der Waals surface area contributed by atoms with E-state index in [1.54, 1.807) is 19.1 Å². The molecule has 17 heavy (non-hydrogen) atoms. The monoisotopic (exact) mass is 234 g/mol. The summed E-state index contributed by atoms with van der Waals surface area (Å²) in [5.41, 5.74) is 0.649. The predicted molar refractivity (Wildman–Crippen MR) is 61.9 cm³/mol. The van der Waals surface area contributed by atoms with Crippen molar-refractivity contribution in [2.75, 3.05) is 6.61 Å². The topological polar surface area (TPSA) is 39.4 Å².